The monoisotopic (exact) mass is 422 g/mol. The number of aromatic nitrogens is 3. The largest absolute Gasteiger partial charge is 0.368 e. The van der Waals surface area contributed by atoms with Crippen LogP contribution in [0.15, 0.2) is 24.7 Å². The minimum atomic E-state index is -0.0511. The molecule has 1 N–H and O–H groups in total. The van der Waals surface area contributed by atoms with Gasteiger partial charge in [-0.05, 0) is 32.9 Å². The van der Waals surface area contributed by atoms with E-state index in [0.29, 0.717) is 18.1 Å². The molecule has 3 aliphatic heterocycles. The summed E-state index contributed by atoms with van der Waals surface area (Å²) in [6.07, 6.45) is 7.53. The van der Waals surface area contributed by atoms with Crippen molar-refractivity contribution in [3.8, 4) is 0 Å². The Morgan fingerprint density at radius 2 is 1.90 bits per heavy atom. The molecule has 0 spiro atoms. The van der Waals surface area contributed by atoms with Crippen LogP contribution in [0, 0.1) is 0 Å². The van der Waals surface area contributed by atoms with Crippen LogP contribution in [0.1, 0.15) is 30.1 Å². The average molecular weight is 423 g/mol. The lowest BCUT2D eigenvalue weighted by molar-refractivity contribution is 0.0988. The Morgan fingerprint density at radius 3 is 2.71 bits per heavy atom. The Morgan fingerprint density at radius 1 is 1.10 bits per heavy atom. The Labute approximate surface area is 183 Å². The smallest absolute Gasteiger partial charge is 0.263 e. The summed E-state index contributed by atoms with van der Waals surface area (Å²) in [4.78, 5) is 36.1. The van der Waals surface area contributed by atoms with E-state index in [1.807, 2.05) is 18.0 Å². The number of pyridine rings is 1. The second-order valence-corrected chi connectivity index (χ2v) is 8.56. The molecule has 0 radical (unpaired) electrons. The average Bonchev–Trinajstić information content (AvgIpc) is 3.22. The van der Waals surface area contributed by atoms with Gasteiger partial charge >= 0.3 is 0 Å². The topological polar surface area (TPSA) is 80.7 Å². The van der Waals surface area contributed by atoms with Gasteiger partial charge in [-0.15, -0.1) is 0 Å². The molecule has 2 saturated heterocycles. The van der Waals surface area contributed by atoms with Crippen molar-refractivity contribution in [1.82, 2.24) is 19.9 Å². The molecule has 0 saturated carbocycles. The number of likely N-dealkylation sites (N-methyl/N-ethyl adjacent to an activating group) is 1. The molecule has 5 rings (SSSR count). The van der Waals surface area contributed by atoms with Gasteiger partial charge < -0.3 is 24.9 Å². The number of anilines is 4. The lowest BCUT2D eigenvalue weighted by Gasteiger charge is -2.34. The zero-order chi connectivity index (χ0) is 21.4. The van der Waals surface area contributed by atoms with Gasteiger partial charge in [0.25, 0.3) is 5.91 Å². The van der Waals surface area contributed by atoms with Gasteiger partial charge in [0.05, 0.1) is 23.8 Å². The fraction of sp³-hybridized carbons (Fsp3) is 0.545. The summed E-state index contributed by atoms with van der Waals surface area (Å²) in [6, 6.07) is 2.36. The van der Waals surface area contributed by atoms with Gasteiger partial charge in [0, 0.05) is 58.1 Å². The quantitative estimate of drug-likeness (QED) is 0.797. The maximum absolute atomic E-state index is 13.6. The first-order chi connectivity index (χ1) is 15.1. The molecule has 1 unspecified atom stereocenters. The maximum Gasteiger partial charge on any atom is 0.263 e. The van der Waals surface area contributed by atoms with Crippen LogP contribution in [0.2, 0.25) is 0 Å². The lowest BCUT2D eigenvalue weighted by atomic mass is 10.2. The number of hydrogen-bond donors (Lipinski definition) is 1. The highest BCUT2D eigenvalue weighted by Crippen LogP contribution is 2.34. The number of rotatable bonds is 4. The van der Waals surface area contributed by atoms with Gasteiger partial charge in [0.1, 0.15) is 11.4 Å². The molecule has 9 heteroatoms. The van der Waals surface area contributed by atoms with E-state index in [1.165, 1.54) is 0 Å². The molecule has 2 aromatic rings. The minimum Gasteiger partial charge on any atom is -0.368 e. The normalized spacial score (nSPS) is 21.7. The molecular formula is C22H30N8O. The molecule has 5 heterocycles. The number of amides is 1. The third-order valence-electron chi connectivity index (χ3n) is 6.51. The fourth-order valence-corrected chi connectivity index (χ4v) is 4.75. The van der Waals surface area contributed by atoms with Crippen LogP contribution in [0.4, 0.5) is 23.1 Å². The van der Waals surface area contributed by atoms with Crippen molar-refractivity contribution in [1.29, 1.82) is 0 Å². The first-order valence-electron chi connectivity index (χ1n) is 11.2. The highest BCUT2D eigenvalue weighted by molar-refractivity contribution is 6.10. The predicted octanol–water partition coefficient (Wildman–Crippen LogP) is 1.68. The molecule has 9 nitrogen and oxygen atoms in total. The van der Waals surface area contributed by atoms with E-state index in [1.54, 1.807) is 12.4 Å². The van der Waals surface area contributed by atoms with E-state index in [2.05, 4.69) is 43.1 Å². The van der Waals surface area contributed by atoms with Gasteiger partial charge in [0.15, 0.2) is 0 Å². The Balaban J connectivity index is 1.49. The van der Waals surface area contributed by atoms with Crippen molar-refractivity contribution >= 4 is 29.0 Å². The van der Waals surface area contributed by atoms with Crippen molar-refractivity contribution in [2.75, 3.05) is 72.9 Å². The highest BCUT2D eigenvalue weighted by atomic mass is 16.2. The molecule has 164 valence electrons. The third kappa shape index (κ3) is 3.78. The zero-order valence-corrected chi connectivity index (χ0v) is 18.3. The van der Waals surface area contributed by atoms with Crippen LogP contribution >= 0.6 is 0 Å². The number of piperazine rings is 1. The number of hydrogen-bond acceptors (Lipinski definition) is 8. The molecule has 0 aliphatic carbocycles. The molecule has 0 bridgehead atoms. The van der Waals surface area contributed by atoms with E-state index < -0.39 is 0 Å². The zero-order valence-electron chi connectivity index (χ0n) is 18.3. The number of nitrogens with zero attached hydrogens (tertiary/aromatic N) is 7. The molecular weight excluding hydrogens is 392 g/mol. The van der Waals surface area contributed by atoms with Gasteiger partial charge in [-0.25, -0.2) is 4.98 Å². The molecule has 2 aromatic heterocycles. The molecule has 3 aliphatic rings. The van der Waals surface area contributed by atoms with E-state index in [0.717, 1.165) is 69.3 Å². The van der Waals surface area contributed by atoms with Crippen molar-refractivity contribution in [3.63, 3.8) is 0 Å². The molecule has 31 heavy (non-hydrogen) atoms. The SMILES string of the molecule is CCNc1ncc2c(n1)N1CCCC1CN(c1cncc(N3CCN(C)CC3)c1)C2=O. The van der Waals surface area contributed by atoms with Crippen LogP contribution in [0.3, 0.4) is 0 Å². The summed E-state index contributed by atoms with van der Waals surface area (Å²) in [7, 11) is 2.15. The fourth-order valence-electron chi connectivity index (χ4n) is 4.75. The summed E-state index contributed by atoms with van der Waals surface area (Å²) >= 11 is 0. The second-order valence-electron chi connectivity index (χ2n) is 8.56. The van der Waals surface area contributed by atoms with E-state index >= 15 is 0 Å². The molecule has 1 amide bonds. The summed E-state index contributed by atoms with van der Waals surface area (Å²) in [5, 5.41) is 3.17. The standard InChI is InChI=1S/C22H30N8O/c1-3-24-22-25-14-19-20(26-22)29-6-4-5-16(29)15-30(21(19)31)18-11-17(12-23-13-18)28-9-7-27(2)8-10-28/h11-14,16H,3-10,15H2,1-2H3,(H,24,25,26). The van der Waals surface area contributed by atoms with Crippen LogP contribution in [-0.4, -0.2) is 84.7 Å². The number of nitrogens with one attached hydrogen (secondary N) is 1. The summed E-state index contributed by atoms with van der Waals surface area (Å²) in [6.45, 7) is 8.31. The Bertz CT molecular complexity index is 958. The van der Waals surface area contributed by atoms with Crippen LogP contribution in [0.25, 0.3) is 0 Å². The number of carbonyl (C=O) groups is 1. The van der Waals surface area contributed by atoms with Gasteiger partial charge in [-0.3, -0.25) is 9.78 Å². The van der Waals surface area contributed by atoms with Crippen molar-refractivity contribution < 1.29 is 4.79 Å². The van der Waals surface area contributed by atoms with E-state index in [9.17, 15) is 4.79 Å². The number of carbonyl (C=O) groups excluding carboxylic acids is 1. The van der Waals surface area contributed by atoms with E-state index in [4.69, 9.17) is 4.98 Å². The second kappa shape index (κ2) is 8.30. The molecule has 0 aromatic carbocycles. The molecule has 2 fully saturated rings. The van der Waals surface area contributed by atoms with Gasteiger partial charge in [0.2, 0.25) is 5.95 Å². The van der Waals surface area contributed by atoms with Gasteiger partial charge in [-0.2, -0.15) is 4.98 Å². The first-order valence-corrected chi connectivity index (χ1v) is 11.2. The van der Waals surface area contributed by atoms with Crippen LogP contribution < -0.4 is 20.0 Å². The first kappa shape index (κ1) is 20.0. The third-order valence-corrected chi connectivity index (χ3v) is 6.51. The van der Waals surface area contributed by atoms with Crippen LogP contribution in [0.5, 0.6) is 0 Å². The van der Waals surface area contributed by atoms with Crippen molar-refractivity contribution in [2.24, 2.45) is 0 Å². The van der Waals surface area contributed by atoms with Crippen LogP contribution in [-0.2, 0) is 0 Å². The van der Waals surface area contributed by atoms with Crippen molar-refractivity contribution in [3.05, 3.63) is 30.2 Å². The minimum absolute atomic E-state index is 0.0511. The maximum atomic E-state index is 13.6. The van der Waals surface area contributed by atoms with Crippen molar-refractivity contribution in [2.45, 2.75) is 25.8 Å². The summed E-state index contributed by atoms with van der Waals surface area (Å²) < 4.78 is 0. The summed E-state index contributed by atoms with van der Waals surface area (Å²) in [5.41, 5.74) is 2.48. The lowest BCUT2D eigenvalue weighted by Crippen LogP contribution is -2.44. The Hall–Kier alpha value is -2.94. The predicted molar refractivity (Wildman–Crippen MR) is 122 cm³/mol. The highest BCUT2D eigenvalue weighted by Gasteiger charge is 2.37. The van der Waals surface area contributed by atoms with Gasteiger partial charge in [-0.1, -0.05) is 0 Å². The molecule has 1 atom stereocenters. The summed E-state index contributed by atoms with van der Waals surface area (Å²) in [5.74, 6) is 1.28. The number of fused-ring (bicyclic) bond motifs is 3. The van der Waals surface area contributed by atoms with E-state index in [-0.39, 0.29) is 11.9 Å². The Kier molecular flexibility index (Phi) is 5.35.